The number of phenols is 1. The minimum absolute atomic E-state index is 0.0353. The van der Waals surface area contributed by atoms with Gasteiger partial charge in [0.1, 0.15) is 0 Å². The molecular formula is C12H4Cl2F4O. The van der Waals surface area contributed by atoms with Gasteiger partial charge in [0.05, 0.1) is 15.6 Å². The van der Waals surface area contributed by atoms with Crippen LogP contribution in [0.25, 0.3) is 11.1 Å². The topological polar surface area (TPSA) is 20.2 Å². The Hall–Kier alpha value is -1.46. The molecule has 0 heterocycles. The zero-order chi connectivity index (χ0) is 14.3. The molecule has 0 saturated heterocycles. The van der Waals surface area contributed by atoms with Crippen LogP contribution in [0.15, 0.2) is 18.2 Å². The molecule has 2 aromatic rings. The first kappa shape index (κ1) is 14.0. The normalized spacial score (nSPS) is 10.8. The van der Waals surface area contributed by atoms with Gasteiger partial charge in [-0.2, -0.15) is 8.78 Å². The molecule has 0 aromatic heterocycles. The van der Waals surface area contributed by atoms with Crippen LogP contribution in [0.2, 0.25) is 10.0 Å². The summed E-state index contributed by atoms with van der Waals surface area (Å²) in [5.41, 5.74) is -1.35. The molecule has 100 valence electrons. The molecule has 7 heteroatoms. The van der Waals surface area contributed by atoms with Crippen molar-refractivity contribution in [3.63, 3.8) is 0 Å². The summed E-state index contributed by atoms with van der Waals surface area (Å²) >= 11 is 11.4. The lowest BCUT2D eigenvalue weighted by Gasteiger charge is -2.11. The van der Waals surface area contributed by atoms with Crippen molar-refractivity contribution in [3.8, 4) is 16.9 Å². The summed E-state index contributed by atoms with van der Waals surface area (Å²) in [6, 6.07) is 3.80. The molecule has 1 nitrogen and oxygen atoms in total. The fourth-order valence-electron chi connectivity index (χ4n) is 1.55. The number of halogens is 6. The van der Waals surface area contributed by atoms with Gasteiger partial charge in [-0.25, -0.2) is 8.78 Å². The lowest BCUT2D eigenvalue weighted by Crippen LogP contribution is -2.00. The molecular weight excluding hydrogens is 307 g/mol. The average Bonchev–Trinajstić information content (AvgIpc) is 2.39. The molecule has 0 aliphatic heterocycles. The van der Waals surface area contributed by atoms with Crippen molar-refractivity contribution in [1.29, 1.82) is 0 Å². The van der Waals surface area contributed by atoms with Crippen molar-refractivity contribution in [2.75, 3.05) is 0 Å². The molecule has 0 radical (unpaired) electrons. The molecule has 2 rings (SSSR count). The number of aromatic hydroxyl groups is 1. The summed E-state index contributed by atoms with van der Waals surface area (Å²) in [4.78, 5) is 0. The summed E-state index contributed by atoms with van der Waals surface area (Å²) in [5.74, 6) is -9.02. The van der Waals surface area contributed by atoms with Crippen LogP contribution in [0.5, 0.6) is 5.75 Å². The van der Waals surface area contributed by atoms with E-state index in [0.717, 1.165) is 6.07 Å². The van der Waals surface area contributed by atoms with Gasteiger partial charge in [0.2, 0.25) is 11.6 Å². The summed E-state index contributed by atoms with van der Waals surface area (Å²) in [5, 5.41) is 8.58. The summed E-state index contributed by atoms with van der Waals surface area (Å²) < 4.78 is 53.8. The monoisotopic (exact) mass is 310 g/mol. The van der Waals surface area contributed by atoms with Crippen molar-refractivity contribution in [3.05, 3.63) is 51.5 Å². The van der Waals surface area contributed by atoms with Gasteiger partial charge in [0.15, 0.2) is 17.4 Å². The standard InChI is InChI=1S/C12H4Cl2F4O/c13-5-3-1-2-4(7(5)14)6-8(15)10(17)12(19)11(18)9(6)16/h1-3,19H. The van der Waals surface area contributed by atoms with E-state index in [2.05, 4.69) is 0 Å². The lowest BCUT2D eigenvalue weighted by molar-refractivity contribution is 0.358. The summed E-state index contributed by atoms with van der Waals surface area (Å²) in [6.07, 6.45) is 0. The molecule has 0 unspecified atom stereocenters. The second-order valence-electron chi connectivity index (χ2n) is 3.58. The van der Waals surface area contributed by atoms with Gasteiger partial charge < -0.3 is 5.11 Å². The van der Waals surface area contributed by atoms with Gasteiger partial charge >= 0.3 is 0 Å². The maximum atomic E-state index is 13.7. The van der Waals surface area contributed by atoms with E-state index < -0.39 is 34.6 Å². The smallest absolute Gasteiger partial charge is 0.204 e. The van der Waals surface area contributed by atoms with E-state index in [-0.39, 0.29) is 15.6 Å². The van der Waals surface area contributed by atoms with Crippen LogP contribution in [-0.2, 0) is 0 Å². The van der Waals surface area contributed by atoms with Crippen molar-refractivity contribution in [2.24, 2.45) is 0 Å². The van der Waals surface area contributed by atoms with Crippen LogP contribution in [0.1, 0.15) is 0 Å². The second-order valence-corrected chi connectivity index (χ2v) is 4.37. The molecule has 0 aliphatic rings. The molecule has 0 aliphatic carbocycles. The van der Waals surface area contributed by atoms with E-state index in [4.69, 9.17) is 28.3 Å². The molecule has 1 N–H and O–H groups in total. The van der Waals surface area contributed by atoms with Crippen LogP contribution in [-0.4, -0.2) is 5.11 Å². The molecule has 0 fully saturated rings. The highest BCUT2D eigenvalue weighted by molar-refractivity contribution is 6.43. The maximum absolute atomic E-state index is 13.7. The predicted molar refractivity (Wildman–Crippen MR) is 63.4 cm³/mol. The Morgan fingerprint density at radius 2 is 1.37 bits per heavy atom. The largest absolute Gasteiger partial charge is 0.503 e. The Bertz CT molecular complexity index is 644. The Balaban J connectivity index is 2.87. The van der Waals surface area contributed by atoms with Crippen molar-refractivity contribution in [2.45, 2.75) is 0 Å². The SMILES string of the molecule is Oc1c(F)c(F)c(-c2cccc(Cl)c2Cl)c(F)c1F. The Morgan fingerprint density at radius 3 is 1.89 bits per heavy atom. The zero-order valence-corrected chi connectivity index (χ0v) is 10.5. The minimum Gasteiger partial charge on any atom is -0.503 e. The molecule has 2 aromatic carbocycles. The van der Waals surface area contributed by atoms with Gasteiger partial charge in [-0.15, -0.1) is 0 Å². The number of benzene rings is 2. The first-order valence-electron chi connectivity index (χ1n) is 4.85. The highest BCUT2D eigenvalue weighted by Gasteiger charge is 2.27. The van der Waals surface area contributed by atoms with Gasteiger partial charge in [0, 0.05) is 5.56 Å². The third-order valence-corrected chi connectivity index (χ3v) is 3.28. The predicted octanol–water partition coefficient (Wildman–Crippen LogP) is 4.92. The van der Waals surface area contributed by atoms with Crippen molar-refractivity contribution >= 4 is 23.2 Å². The van der Waals surface area contributed by atoms with Crippen molar-refractivity contribution in [1.82, 2.24) is 0 Å². The molecule has 0 spiro atoms. The van der Waals surface area contributed by atoms with E-state index >= 15 is 0 Å². The van der Waals surface area contributed by atoms with E-state index in [1.54, 1.807) is 0 Å². The van der Waals surface area contributed by atoms with E-state index in [1.807, 2.05) is 0 Å². The van der Waals surface area contributed by atoms with Crippen LogP contribution >= 0.6 is 23.2 Å². The molecule has 0 atom stereocenters. The first-order chi connectivity index (χ1) is 8.86. The van der Waals surface area contributed by atoms with E-state index in [0.29, 0.717) is 0 Å². The molecule has 0 bridgehead atoms. The fraction of sp³-hybridized carbons (Fsp3) is 0. The molecule has 19 heavy (non-hydrogen) atoms. The number of hydrogen-bond acceptors (Lipinski definition) is 1. The average molecular weight is 311 g/mol. The van der Waals surface area contributed by atoms with Gasteiger partial charge in [-0.3, -0.25) is 0 Å². The molecule has 0 amide bonds. The lowest BCUT2D eigenvalue weighted by atomic mass is 10.0. The van der Waals surface area contributed by atoms with E-state index in [1.165, 1.54) is 12.1 Å². The highest BCUT2D eigenvalue weighted by Crippen LogP contribution is 2.40. The quantitative estimate of drug-likeness (QED) is 0.585. The second kappa shape index (κ2) is 4.90. The Labute approximate surface area is 115 Å². The maximum Gasteiger partial charge on any atom is 0.204 e. The van der Waals surface area contributed by atoms with Gasteiger partial charge in [-0.05, 0) is 6.07 Å². The van der Waals surface area contributed by atoms with Crippen LogP contribution in [0.3, 0.4) is 0 Å². The van der Waals surface area contributed by atoms with Crippen LogP contribution in [0.4, 0.5) is 17.6 Å². The van der Waals surface area contributed by atoms with Crippen LogP contribution < -0.4 is 0 Å². The first-order valence-corrected chi connectivity index (χ1v) is 5.61. The minimum atomic E-state index is -1.90. The molecule has 0 saturated carbocycles. The Kier molecular flexibility index (Phi) is 3.60. The highest BCUT2D eigenvalue weighted by atomic mass is 35.5. The number of phenolic OH excluding ortho intramolecular Hbond substituents is 1. The van der Waals surface area contributed by atoms with Crippen LogP contribution in [0, 0.1) is 23.3 Å². The summed E-state index contributed by atoms with van der Waals surface area (Å²) in [7, 11) is 0. The third-order valence-electron chi connectivity index (χ3n) is 2.46. The van der Waals surface area contributed by atoms with Gasteiger partial charge in [-0.1, -0.05) is 35.3 Å². The van der Waals surface area contributed by atoms with Gasteiger partial charge in [0.25, 0.3) is 0 Å². The van der Waals surface area contributed by atoms with E-state index in [9.17, 15) is 17.6 Å². The number of rotatable bonds is 1. The number of hydrogen-bond donors (Lipinski definition) is 1. The fourth-order valence-corrected chi connectivity index (χ4v) is 1.95. The van der Waals surface area contributed by atoms with Crippen molar-refractivity contribution < 1.29 is 22.7 Å². The Morgan fingerprint density at radius 1 is 0.842 bits per heavy atom. The summed E-state index contributed by atoms with van der Waals surface area (Å²) in [6.45, 7) is 0. The third kappa shape index (κ3) is 2.13. The zero-order valence-electron chi connectivity index (χ0n) is 8.95.